The first kappa shape index (κ1) is 18.0. The van der Waals surface area contributed by atoms with Gasteiger partial charge in [0.1, 0.15) is 0 Å². The number of aromatic nitrogens is 1. The van der Waals surface area contributed by atoms with Crippen LogP contribution in [0.4, 0.5) is 0 Å². The van der Waals surface area contributed by atoms with Crippen molar-refractivity contribution in [1.29, 1.82) is 0 Å². The lowest BCUT2D eigenvalue weighted by Crippen LogP contribution is -2.44. The van der Waals surface area contributed by atoms with Crippen LogP contribution in [0.1, 0.15) is 36.0 Å². The number of Topliss-reactive ketones (excluding diaryl/α,β-unsaturated/α-hetero) is 1. The maximum Gasteiger partial charge on any atom is 0.223 e. The Bertz CT molecular complexity index is 565. The Labute approximate surface area is 149 Å². The Morgan fingerprint density at radius 1 is 1.12 bits per heavy atom. The zero-order chi connectivity index (χ0) is 17.5. The second-order valence-corrected chi connectivity index (χ2v) is 6.90. The molecule has 136 valence electrons. The Hall–Kier alpha value is -1.79. The summed E-state index contributed by atoms with van der Waals surface area (Å²) >= 11 is 0. The van der Waals surface area contributed by atoms with Gasteiger partial charge in [0.25, 0.3) is 0 Å². The zero-order valence-electron chi connectivity index (χ0n) is 14.7. The molecule has 2 saturated heterocycles. The highest BCUT2D eigenvalue weighted by atomic mass is 16.5. The van der Waals surface area contributed by atoms with E-state index in [-0.39, 0.29) is 18.1 Å². The molecule has 0 spiro atoms. The smallest absolute Gasteiger partial charge is 0.223 e. The summed E-state index contributed by atoms with van der Waals surface area (Å²) in [5.41, 5.74) is 0.583. The van der Waals surface area contributed by atoms with Crippen LogP contribution in [0.15, 0.2) is 24.5 Å². The van der Waals surface area contributed by atoms with Crippen molar-refractivity contribution in [3.63, 3.8) is 0 Å². The third-order valence-electron chi connectivity index (χ3n) is 5.14. The average molecular weight is 345 g/mol. The summed E-state index contributed by atoms with van der Waals surface area (Å²) in [4.78, 5) is 32.8. The number of hydrogen-bond donors (Lipinski definition) is 0. The van der Waals surface area contributed by atoms with E-state index in [1.165, 1.54) is 0 Å². The molecule has 0 aliphatic carbocycles. The molecular formula is C19H27N3O3. The number of piperidine rings is 1. The van der Waals surface area contributed by atoms with E-state index in [2.05, 4.69) is 9.88 Å². The van der Waals surface area contributed by atoms with Gasteiger partial charge in [0.15, 0.2) is 5.78 Å². The SMILES string of the molecule is O=C(CCC(=O)N1CCC(CN2CCOCC2)CC1)c1cccnc1. The largest absolute Gasteiger partial charge is 0.379 e. The maximum absolute atomic E-state index is 12.4. The summed E-state index contributed by atoms with van der Waals surface area (Å²) in [5.74, 6) is 0.755. The number of likely N-dealkylation sites (tertiary alicyclic amines) is 1. The lowest BCUT2D eigenvalue weighted by molar-refractivity contribution is -0.132. The molecule has 3 rings (SSSR count). The van der Waals surface area contributed by atoms with Crippen LogP contribution in [-0.4, -0.2) is 72.4 Å². The summed E-state index contributed by atoms with van der Waals surface area (Å²) in [6.45, 7) is 6.46. The quantitative estimate of drug-likeness (QED) is 0.733. The van der Waals surface area contributed by atoms with Gasteiger partial charge in [-0.2, -0.15) is 0 Å². The second kappa shape index (κ2) is 9.06. The summed E-state index contributed by atoms with van der Waals surface area (Å²) < 4.78 is 5.39. The minimum absolute atomic E-state index is 0.0105. The number of morpholine rings is 1. The van der Waals surface area contributed by atoms with Gasteiger partial charge in [-0.05, 0) is 30.9 Å². The van der Waals surface area contributed by atoms with Crippen molar-refractivity contribution in [2.24, 2.45) is 5.92 Å². The van der Waals surface area contributed by atoms with Crippen LogP contribution in [0, 0.1) is 5.92 Å². The second-order valence-electron chi connectivity index (χ2n) is 6.90. The molecule has 0 aromatic carbocycles. The molecule has 2 aliphatic heterocycles. The van der Waals surface area contributed by atoms with Gasteiger partial charge in [0.2, 0.25) is 5.91 Å². The minimum atomic E-state index is -0.0105. The Balaban J connectivity index is 1.37. The molecule has 25 heavy (non-hydrogen) atoms. The molecular weight excluding hydrogens is 318 g/mol. The van der Waals surface area contributed by atoms with Crippen molar-refractivity contribution < 1.29 is 14.3 Å². The van der Waals surface area contributed by atoms with Crippen molar-refractivity contribution in [1.82, 2.24) is 14.8 Å². The Morgan fingerprint density at radius 2 is 1.88 bits per heavy atom. The number of carbonyl (C=O) groups excluding carboxylic acids is 2. The average Bonchev–Trinajstić information content (AvgIpc) is 2.68. The van der Waals surface area contributed by atoms with Crippen molar-refractivity contribution in [3.05, 3.63) is 30.1 Å². The predicted molar refractivity (Wildman–Crippen MR) is 94.4 cm³/mol. The first-order valence-corrected chi connectivity index (χ1v) is 9.23. The fourth-order valence-corrected chi connectivity index (χ4v) is 3.56. The molecule has 2 aliphatic rings. The van der Waals surface area contributed by atoms with Crippen LogP contribution in [0.5, 0.6) is 0 Å². The van der Waals surface area contributed by atoms with Crippen molar-refractivity contribution in [3.8, 4) is 0 Å². The molecule has 3 heterocycles. The highest BCUT2D eigenvalue weighted by Gasteiger charge is 2.25. The topological polar surface area (TPSA) is 62.7 Å². The highest BCUT2D eigenvalue weighted by molar-refractivity contribution is 5.97. The van der Waals surface area contributed by atoms with E-state index < -0.39 is 0 Å². The standard InChI is InChI=1S/C19H27N3O3/c23-18(17-2-1-7-20-14-17)3-4-19(24)22-8-5-16(6-9-22)15-21-10-12-25-13-11-21/h1-2,7,14,16H,3-6,8-13,15H2. The summed E-state index contributed by atoms with van der Waals surface area (Å²) in [7, 11) is 0. The van der Waals surface area contributed by atoms with Crippen molar-refractivity contribution >= 4 is 11.7 Å². The first-order valence-electron chi connectivity index (χ1n) is 9.23. The zero-order valence-corrected chi connectivity index (χ0v) is 14.7. The van der Waals surface area contributed by atoms with Crippen molar-refractivity contribution in [2.45, 2.75) is 25.7 Å². The van der Waals surface area contributed by atoms with Crippen LogP contribution >= 0.6 is 0 Å². The van der Waals surface area contributed by atoms with E-state index in [0.717, 1.165) is 58.8 Å². The number of nitrogens with zero attached hydrogens (tertiary/aromatic N) is 3. The number of hydrogen-bond acceptors (Lipinski definition) is 5. The number of ether oxygens (including phenoxy) is 1. The van der Waals surface area contributed by atoms with E-state index in [4.69, 9.17) is 4.74 Å². The van der Waals surface area contributed by atoms with E-state index >= 15 is 0 Å². The van der Waals surface area contributed by atoms with E-state index in [0.29, 0.717) is 17.9 Å². The van der Waals surface area contributed by atoms with Gasteiger partial charge in [0, 0.05) is 63.5 Å². The molecule has 6 nitrogen and oxygen atoms in total. The number of ketones is 1. The van der Waals surface area contributed by atoms with Crippen LogP contribution in [0.2, 0.25) is 0 Å². The number of carbonyl (C=O) groups is 2. The minimum Gasteiger partial charge on any atom is -0.379 e. The number of pyridine rings is 1. The Kier molecular flexibility index (Phi) is 6.53. The molecule has 0 bridgehead atoms. The molecule has 1 aromatic rings. The van der Waals surface area contributed by atoms with E-state index in [1.54, 1.807) is 24.5 Å². The van der Waals surface area contributed by atoms with Gasteiger partial charge in [-0.1, -0.05) is 0 Å². The monoisotopic (exact) mass is 345 g/mol. The molecule has 1 aromatic heterocycles. The molecule has 0 atom stereocenters. The molecule has 1 amide bonds. The van der Waals surface area contributed by atoms with Crippen LogP contribution in [-0.2, 0) is 9.53 Å². The lowest BCUT2D eigenvalue weighted by atomic mass is 9.95. The van der Waals surface area contributed by atoms with Crippen LogP contribution in [0.3, 0.4) is 0 Å². The molecule has 0 saturated carbocycles. The number of amides is 1. The molecule has 2 fully saturated rings. The number of rotatable bonds is 6. The van der Waals surface area contributed by atoms with Crippen molar-refractivity contribution in [2.75, 3.05) is 45.9 Å². The Morgan fingerprint density at radius 3 is 2.56 bits per heavy atom. The third-order valence-corrected chi connectivity index (χ3v) is 5.14. The summed E-state index contributed by atoms with van der Waals surface area (Å²) in [6.07, 6.45) is 5.87. The molecule has 0 unspecified atom stereocenters. The third kappa shape index (κ3) is 5.34. The van der Waals surface area contributed by atoms with Crippen LogP contribution < -0.4 is 0 Å². The normalized spacial score (nSPS) is 19.8. The van der Waals surface area contributed by atoms with Gasteiger partial charge < -0.3 is 9.64 Å². The fourth-order valence-electron chi connectivity index (χ4n) is 3.56. The molecule has 0 N–H and O–H groups in total. The maximum atomic E-state index is 12.4. The summed E-state index contributed by atoms with van der Waals surface area (Å²) in [5, 5.41) is 0. The lowest BCUT2D eigenvalue weighted by Gasteiger charge is -2.36. The van der Waals surface area contributed by atoms with Gasteiger partial charge >= 0.3 is 0 Å². The van der Waals surface area contributed by atoms with Gasteiger partial charge in [0.05, 0.1) is 13.2 Å². The van der Waals surface area contributed by atoms with E-state index in [9.17, 15) is 9.59 Å². The van der Waals surface area contributed by atoms with E-state index in [1.807, 2.05) is 4.90 Å². The first-order chi connectivity index (χ1) is 12.2. The van der Waals surface area contributed by atoms with Gasteiger partial charge in [-0.3, -0.25) is 19.5 Å². The van der Waals surface area contributed by atoms with Gasteiger partial charge in [-0.15, -0.1) is 0 Å². The fraction of sp³-hybridized carbons (Fsp3) is 0.632. The van der Waals surface area contributed by atoms with Crippen LogP contribution in [0.25, 0.3) is 0 Å². The molecule has 6 heteroatoms. The predicted octanol–water partition coefficient (Wildman–Crippen LogP) is 1.62. The van der Waals surface area contributed by atoms with Gasteiger partial charge in [-0.25, -0.2) is 0 Å². The summed E-state index contributed by atoms with van der Waals surface area (Å²) in [6, 6.07) is 3.49. The highest BCUT2D eigenvalue weighted by Crippen LogP contribution is 2.20. The molecule has 0 radical (unpaired) electrons.